The number of aryl methyl sites for hydroxylation is 2. The second kappa shape index (κ2) is 10.7. The van der Waals surface area contributed by atoms with Crippen LogP contribution in [0.5, 0.6) is 11.5 Å². The highest BCUT2D eigenvalue weighted by atomic mass is 19.4. The molecule has 0 saturated carbocycles. The summed E-state index contributed by atoms with van der Waals surface area (Å²) < 4.78 is 47.7. The van der Waals surface area contributed by atoms with E-state index in [0.29, 0.717) is 17.1 Å². The van der Waals surface area contributed by atoms with Crippen LogP contribution in [0.4, 0.5) is 13.2 Å². The predicted octanol–water partition coefficient (Wildman–Crippen LogP) is 4.49. The van der Waals surface area contributed by atoms with Gasteiger partial charge in [0.25, 0.3) is 0 Å². The van der Waals surface area contributed by atoms with E-state index < -0.39 is 12.1 Å². The van der Waals surface area contributed by atoms with Crippen molar-refractivity contribution in [1.82, 2.24) is 5.32 Å². The maximum atomic E-state index is 12.3. The van der Waals surface area contributed by atoms with Crippen molar-refractivity contribution in [3.8, 4) is 11.5 Å². The van der Waals surface area contributed by atoms with Crippen molar-refractivity contribution in [2.45, 2.75) is 38.3 Å². The quantitative estimate of drug-likeness (QED) is 0.588. The largest absolute Gasteiger partial charge is 0.496 e. The molecule has 0 aliphatic carbocycles. The van der Waals surface area contributed by atoms with Crippen LogP contribution in [0.25, 0.3) is 0 Å². The molecule has 0 unspecified atom stereocenters. The molecule has 0 bridgehead atoms. The molecule has 0 radical (unpaired) electrons. The molecule has 158 valence electrons. The second-order valence-corrected chi connectivity index (χ2v) is 6.67. The highest BCUT2D eigenvalue weighted by Crippen LogP contribution is 2.30. The van der Waals surface area contributed by atoms with Crippen molar-refractivity contribution in [3.63, 3.8) is 0 Å². The van der Waals surface area contributed by atoms with Crippen LogP contribution in [0, 0.1) is 0 Å². The number of methoxy groups -OCH3 is 2. The fraction of sp³-hybridized carbons (Fsp3) is 0.409. The summed E-state index contributed by atoms with van der Waals surface area (Å²) in [6.07, 6.45) is -0.883. The highest BCUT2D eigenvalue weighted by Gasteiger charge is 2.38. The number of hydrogen-bond acceptors (Lipinski definition) is 3. The number of alkyl halides is 3. The first-order valence-corrected chi connectivity index (χ1v) is 9.48. The number of ether oxygens (including phenoxy) is 2. The Morgan fingerprint density at radius 1 is 0.897 bits per heavy atom. The molecular weight excluding hydrogens is 383 g/mol. The molecular formula is C22H26F3NO3. The summed E-state index contributed by atoms with van der Waals surface area (Å²) in [4.78, 5) is 10.9. The van der Waals surface area contributed by atoms with Gasteiger partial charge in [-0.15, -0.1) is 0 Å². The Morgan fingerprint density at radius 3 is 2.00 bits per heavy atom. The third-order valence-corrected chi connectivity index (χ3v) is 4.63. The smallest absolute Gasteiger partial charge is 0.471 e. The van der Waals surface area contributed by atoms with Crippen LogP contribution in [-0.2, 0) is 24.1 Å². The number of amides is 1. The van der Waals surface area contributed by atoms with E-state index in [2.05, 4.69) is 12.1 Å². The number of carbonyl (C=O) groups is 1. The lowest BCUT2D eigenvalue weighted by Crippen LogP contribution is -2.37. The molecule has 0 aliphatic heterocycles. The zero-order valence-electron chi connectivity index (χ0n) is 16.6. The first kappa shape index (κ1) is 22.6. The van der Waals surface area contributed by atoms with E-state index in [-0.39, 0.29) is 13.0 Å². The van der Waals surface area contributed by atoms with Gasteiger partial charge >= 0.3 is 12.1 Å². The number of hydrogen-bond donors (Lipinski definition) is 1. The molecule has 2 aromatic rings. The third kappa shape index (κ3) is 7.00. The van der Waals surface area contributed by atoms with Crippen molar-refractivity contribution >= 4 is 5.91 Å². The summed E-state index contributed by atoms with van der Waals surface area (Å²) in [5.41, 5.74) is 2.97. The van der Waals surface area contributed by atoms with E-state index in [9.17, 15) is 18.0 Å². The molecule has 0 aromatic heterocycles. The van der Waals surface area contributed by atoms with E-state index >= 15 is 0 Å². The summed E-state index contributed by atoms with van der Waals surface area (Å²) in [6, 6.07) is 13.9. The molecule has 0 spiro atoms. The van der Waals surface area contributed by atoms with Crippen LogP contribution >= 0.6 is 0 Å². The Morgan fingerprint density at radius 2 is 1.45 bits per heavy atom. The van der Waals surface area contributed by atoms with Gasteiger partial charge in [0, 0.05) is 6.54 Å². The maximum Gasteiger partial charge on any atom is 0.471 e. The SMILES string of the molecule is COc1cc(CCNC(=O)C(F)(F)F)c(OC)cc1CCCCc1ccccc1. The lowest BCUT2D eigenvalue weighted by Gasteiger charge is -2.15. The van der Waals surface area contributed by atoms with E-state index in [0.717, 1.165) is 31.2 Å². The number of unbranched alkanes of at least 4 members (excludes halogenated alkanes) is 1. The molecule has 1 amide bonds. The van der Waals surface area contributed by atoms with E-state index in [1.165, 1.54) is 12.7 Å². The zero-order chi connectivity index (χ0) is 21.3. The third-order valence-electron chi connectivity index (χ3n) is 4.63. The Balaban J connectivity index is 1.96. The fourth-order valence-electron chi connectivity index (χ4n) is 3.12. The van der Waals surface area contributed by atoms with Gasteiger partial charge in [0.2, 0.25) is 0 Å². The number of benzene rings is 2. The minimum Gasteiger partial charge on any atom is -0.496 e. The Bertz CT molecular complexity index is 792. The first-order chi connectivity index (χ1) is 13.8. The van der Waals surface area contributed by atoms with Gasteiger partial charge in [-0.05, 0) is 60.9 Å². The molecule has 0 saturated heterocycles. The predicted molar refractivity (Wildman–Crippen MR) is 105 cm³/mol. The highest BCUT2D eigenvalue weighted by molar-refractivity contribution is 5.81. The molecule has 1 N–H and O–H groups in total. The van der Waals surface area contributed by atoms with Crippen molar-refractivity contribution < 1.29 is 27.4 Å². The Hall–Kier alpha value is -2.70. The topological polar surface area (TPSA) is 47.6 Å². The van der Waals surface area contributed by atoms with Crippen LogP contribution in [0.15, 0.2) is 42.5 Å². The molecule has 0 heterocycles. The summed E-state index contributed by atoms with van der Waals surface area (Å²) >= 11 is 0. The van der Waals surface area contributed by atoms with Crippen LogP contribution in [0.3, 0.4) is 0 Å². The van der Waals surface area contributed by atoms with Crippen molar-refractivity contribution in [3.05, 3.63) is 59.2 Å². The normalized spacial score (nSPS) is 11.2. The summed E-state index contributed by atoms with van der Waals surface area (Å²) in [7, 11) is 3.07. The molecule has 7 heteroatoms. The van der Waals surface area contributed by atoms with E-state index in [1.807, 2.05) is 29.6 Å². The summed E-state index contributed by atoms with van der Waals surface area (Å²) in [5, 5.41) is 1.87. The summed E-state index contributed by atoms with van der Waals surface area (Å²) in [5.74, 6) is -0.703. The number of rotatable bonds is 10. The van der Waals surface area contributed by atoms with Gasteiger partial charge in [-0.25, -0.2) is 0 Å². The van der Waals surface area contributed by atoms with Crippen molar-refractivity contribution in [2.24, 2.45) is 0 Å². The molecule has 29 heavy (non-hydrogen) atoms. The molecule has 2 aromatic carbocycles. The summed E-state index contributed by atoms with van der Waals surface area (Å²) in [6.45, 7) is -0.145. The van der Waals surface area contributed by atoms with Gasteiger partial charge < -0.3 is 14.8 Å². The van der Waals surface area contributed by atoms with Gasteiger partial charge in [0.15, 0.2) is 0 Å². The lowest BCUT2D eigenvalue weighted by atomic mass is 10.00. The van der Waals surface area contributed by atoms with Crippen LogP contribution < -0.4 is 14.8 Å². The minimum absolute atomic E-state index is 0.145. The van der Waals surface area contributed by atoms with Gasteiger partial charge in [-0.3, -0.25) is 4.79 Å². The lowest BCUT2D eigenvalue weighted by molar-refractivity contribution is -0.173. The first-order valence-electron chi connectivity index (χ1n) is 9.48. The monoisotopic (exact) mass is 409 g/mol. The van der Waals surface area contributed by atoms with Crippen LogP contribution in [0.2, 0.25) is 0 Å². The number of halogens is 3. The molecule has 0 aliphatic rings. The molecule has 2 rings (SSSR count). The van der Waals surface area contributed by atoms with E-state index in [4.69, 9.17) is 9.47 Å². The van der Waals surface area contributed by atoms with Gasteiger partial charge in [-0.2, -0.15) is 13.2 Å². The Labute approximate surface area is 169 Å². The van der Waals surface area contributed by atoms with Gasteiger partial charge in [0.1, 0.15) is 11.5 Å². The number of carbonyl (C=O) groups excluding carboxylic acids is 1. The molecule has 0 atom stereocenters. The fourth-order valence-corrected chi connectivity index (χ4v) is 3.12. The Kier molecular flexibility index (Phi) is 8.36. The standard InChI is InChI=1S/C22H26F3NO3/c1-28-19-15-18(12-13-26-21(27)22(23,24)25)20(29-2)14-17(19)11-7-6-10-16-8-4-3-5-9-16/h3-5,8-9,14-15H,6-7,10-13H2,1-2H3,(H,26,27). The minimum atomic E-state index is -4.88. The van der Waals surface area contributed by atoms with Gasteiger partial charge in [0.05, 0.1) is 14.2 Å². The maximum absolute atomic E-state index is 12.3. The average molecular weight is 409 g/mol. The zero-order valence-corrected chi connectivity index (χ0v) is 16.6. The number of nitrogens with one attached hydrogen (secondary N) is 1. The van der Waals surface area contributed by atoms with Crippen molar-refractivity contribution in [2.75, 3.05) is 20.8 Å². The van der Waals surface area contributed by atoms with Crippen LogP contribution in [-0.4, -0.2) is 32.8 Å². The average Bonchev–Trinajstić information content (AvgIpc) is 2.71. The second-order valence-electron chi connectivity index (χ2n) is 6.67. The van der Waals surface area contributed by atoms with Gasteiger partial charge in [-0.1, -0.05) is 30.3 Å². The van der Waals surface area contributed by atoms with Crippen molar-refractivity contribution in [1.29, 1.82) is 0 Å². The molecule has 0 fully saturated rings. The van der Waals surface area contributed by atoms with E-state index in [1.54, 1.807) is 13.2 Å². The molecule has 4 nitrogen and oxygen atoms in total. The van der Waals surface area contributed by atoms with Crippen LogP contribution in [0.1, 0.15) is 29.5 Å².